The first-order valence-corrected chi connectivity index (χ1v) is 12.1. The van der Waals surface area contributed by atoms with E-state index in [0.29, 0.717) is 23.3 Å². The fraction of sp³-hybridized carbons (Fsp3) is 0.458. The van der Waals surface area contributed by atoms with Gasteiger partial charge in [-0.2, -0.15) is 13.2 Å². The summed E-state index contributed by atoms with van der Waals surface area (Å²) < 4.78 is 43.5. The summed E-state index contributed by atoms with van der Waals surface area (Å²) in [5.41, 5.74) is -0.144. The van der Waals surface area contributed by atoms with Gasteiger partial charge in [-0.15, -0.1) is 0 Å². The van der Waals surface area contributed by atoms with Gasteiger partial charge >= 0.3 is 12.2 Å². The fourth-order valence-corrected chi connectivity index (χ4v) is 3.94. The topological polar surface area (TPSA) is 77.8 Å². The Hall–Kier alpha value is -2.70. The first-order chi connectivity index (χ1) is 16.6. The average Bonchev–Trinajstić information content (AvgIpc) is 3.29. The van der Waals surface area contributed by atoms with Gasteiger partial charge in [-0.25, -0.2) is 14.8 Å². The SMILES string of the molecule is C.CCC.CN1CCN(Cc2ccc(NC(=O)Nc3ncc(Br)n4ccnc34)cc2C(F)(F)F)CC1. The first kappa shape index (κ1) is 29.5. The minimum Gasteiger partial charge on any atom is -0.308 e. The summed E-state index contributed by atoms with van der Waals surface area (Å²) in [7, 11) is 1.99. The molecule has 1 saturated heterocycles. The van der Waals surface area contributed by atoms with Crippen LogP contribution in [-0.2, 0) is 12.7 Å². The number of urea groups is 1. The number of piperazine rings is 1. The molecule has 36 heavy (non-hydrogen) atoms. The van der Waals surface area contributed by atoms with E-state index >= 15 is 0 Å². The molecule has 0 bridgehead atoms. The van der Waals surface area contributed by atoms with Crippen LogP contribution in [-0.4, -0.2) is 63.4 Å². The lowest BCUT2D eigenvalue weighted by Gasteiger charge is -2.33. The highest BCUT2D eigenvalue weighted by atomic mass is 79.9. The van der Waals surface area contributed by atoms with Crippen LogP contribution in [0.1, 0.15) is 38.8 Å². The molecule has 1 aliphatic rings. The van der Waals surface area contributed by atoms with Crippen molar-refractivity contribution in [3.05, 3.63) is 52.5 Å². The predicted octanol–water partition coefficient (Wildman–Crippen LogP) is 5.95. The number of likely N-dealkylation sites (N-methyl/N-ethyl adjacent to an activating group) is 1. The summed E-state index contributed by atoms with van der Waals surface area (Å²) in [5, 5.41) is 4.98. The van der Waals surface area contributed by atoms with E-state index in [9.17, 15) is 18.0 Å². The van der Waals surface area contributed by atoms with E-state index in [0.717, 1.165) is 19.2 Å². The summed E-state index contributed by atoms with van der Waals surface area (Å²) in [6.45, 7) is 7.50. The van der Waals surface area contributed by atoms with Gasteiger partial charge in [0, 0.05) is 50.8 Å². The van der Waals surface area contributed by atoms with Gasteiger partial charge < -0.3 is 10.2 Å². The number of carbonyl (C=O) groups excluding carboxylic acids is 1. The number of rotatable bonds is 4. The van der Waals surface area contributed by atoms with Crippen LogP contribution in [0, 0.1) is 0 Å². The number of carbonyl (C=O) groups is 1. The average molecular weight is 572 g/mol. The maximum Gasteiger partial charge on any atom is 0.416 e. The minimum atomic E-state index is -4.54. The van der Waals surface area contributed by atoms with E-state index in [4.69, 9.17) is 0 Å². The Kier molecular flexibility index (Phi) is 10.7. The van der Waals surface area contributed by atoms with Gasteiger partial charge in [0.1, 0.15) is 4.60 Å². The zero-order valence-corrected chi connectivity index (χ0v) is 21.4. The highest BCUT2D eigenvalue weighted by molar-refractivity contribution is 9.10. The molecule has 2 N–H and O–H groups in total. The van der Waals surface area contributed by atoms with Crippen LogP contribution in [0.4, 0.5) is 29.5 Å². The van der Waals surface area contributed by atoms with Crippen molar-refractivity contribution in [2.75, 3.05) is 43.9 Å². The van der Waals surface area contributed by atoms with Crippen molar-refractivity contribution in [1.82, 2.24) is 24.2 Å². The standard InChI is InChI=1S/C20H21BrF3N7O.C3H8.CH4/c1-29-6-8-30(9-7-29)12-13-2-3-14(10-15(13)20(22,23)24)27-19(32)28-17-18-25-4-5-31(18)16(21)11-26-17;1-3-2;/h2-5,10-11H,6-9,12H2,1H3,(H2,26,27,28,32);3H2,1-2H3;1H4. The number of hydrogen-bond donors (Lipinski definition) is 2. The fourth-order valence-electron chi connectivity index (χ4n) is 3.55. The maximum absolute atomic E-state index is 13.7. The minimum absolute atomic E-state index is 0. The molecule has 0 aliphatic carbocycles. The molecule has 0 saturated carbocycles. The van der Waals surface area contributed by atoms with Crippen LogP contribution in [0.15, 0.2) is 41.4 Å². The van der Waals surface area contributed by atoms with Crippen molar-refractivity contribution in [2.45, 2.75) is 40.4 Å². The van der Waals surface area contributed by atoms with Crippen LogP contribution < -0.4 is 10.6 Å². The van der Waals surface area contributed by atoms with Crippen molar-refractivity contribution in [2.24, 2.45) is 0 Å². The Bertz CT molecular complexity index is 1140. The zero-order valence-electron chi connectivity index (χ0n) is 19.9. The molecule has 12 heteroatoms. The van der Waals surface area contributed by atoms with Crippen molar-refractivity contribution < 1.29 is 18.0 Å². The number of hydrogen-bond acceptors (Lipinski definition) is 5. The third kappa shape index (κ3) is 7.65. The predicted molar refractivity (Wildman–Crippen MR) is 140 cm³/mol. The number of amides is 2. The molecule has 198 valence electrons. The lowest BCUT2D eigenvalue weighted by molar-refractivity contribution is -0.138. The van der Waals surface area contributed by atoms with Crippen LogP contribution in [0.3, 0.4) is 0 Å². The summed E-state index contributed by atoms with van der Waals surface area (Å²) in [6, 6.07) is 3.14. The second kappa shape index (κ2) is 13.0. The second-order valence-electron chi connectivity index (χ2n) is 8.29. The van der Waals surface area contributed by atoms with Crippen LogP contribution in [0.2, 0.25) is 0 Å². The zero-order chi connectivity index (χ0) is 25.6. The normalized spacial score (nSPS) is 14.5. The van der Waals surface area contributed by atoms with E-state index in [1.54, 1.807) is 16.8 Å². The van der Waals surface area contributed by atoms with Crippen molar-refractivity contribution in [3.63, 3.8) is 0 Å². The van der Waals surface area contributed by atoms with E-state index < -0.39 is 17.8 Å². The Balaban J connectivity index is 0.00000109. The summed E-state index contributed by atoms with van der Waals surface area (Å²) in [4.78, 5) is 24.8. The third-order valence-corrected chi connectivity index (χ3v) is 5.86. The van der Waals surface area contributed by atoms with Gasteiger partial charge in [0.15, 0.2) is 11.5 Å². The molecule has 0 spiro atoms. The molecule has 0 unspecified atom stereocenters. The molecule has 1 fully saturated rings. The number of nitrogens with zero attached hydrogens (tertiary/aromatic N) is 5. The molecule has 3 aromatic rings. The number of nitrogens with one attached hydrogen (secondary N) is 2. The van der Waals surface area contributed by atoms with E-state index in [2.05, 4.69) is 55.3 Å². The summed E-state index contributed by atoms with van der Waals surface area (Å²) in [5.74, 6) is 0.179. The van der Waals surface area contributed by atoms with E-state index in [-0.39, 0.29) is 31.0 Å². The Morgan fingerprint density at radius 1 is 1.11 bits per heavy atom. The molecule has 2 amide bonds. The Morgan fingerprint density at radius 2 is 1.78 bits per heavy atom. The summed E-state index contributed by atoms with van der Waals surface area (Å²) in [6.07, 6.45) is 1.42. The molecular weight excluding hydrogens is 539 g/mol. The van der Waals surface area contributed by atoms with Gasteiger partial charge in [0.05, 0.1) is 11.8 Å². The Morgan fingerprint density at radius 3 is 2.42 bits per heavy atom. The number of alkyl halides is 3. The number of benzene rings is 1. The molecule has 0 radical (unpaired) electrons. The maximum atomic E-state index is 13.7. The molecule has 2 aromatic heterocycles. The highest BCUT2D eigenvalue weighted by Gasteiger charge is 2.34. The second-order valence-corrected chi connectivity index (χ2v) is 9.10. The van der Waals surface area contributed by atoms with Gasteiger partial charge in [0.25, 0.3) is 0 Å². The van der Waals surface area contributed by atoms with Gasteiger partial charge in [-0.1, -0.05) is 33.8 Å². The van der Waals surface area contributed by atoms with Gasteiger partial charge in [0.2, 0.25) is 0 Å². The van der Waals surface area contributed by atoms with E-state index in [1.807, 2.05) is 11.9 Å². The first-order valence-electron chi connectivity index (χ1n) is 11.3. The van der Waals surface area contributed by atoms with Crippen molar-refractivity contribution in [1.29, 1.82) is 0 Å². The molecule has 1 aromatic carbocycles. The summed E-state index contributed by atoms with van der Waals surface area (Å²) >= 11 is 3.32. The molecule has 4 rings (SSSR count). The number of fused-ring (bicyclic) bond motifs is 1. The van der Waals surface area contributed by atoms with Gasteiger partial charge in [-0.05, 0) is 40.7 Å². The number of halogens is 4. The van der Waals surface area contributed by atoms with Crippen molar-refractivity contribution in [3.8, 4) is 0 Å². The van der Waals surface area contributed by atoms with Crippen LogP contribution in [0.5, 0.6) is 0 Å². The smallest absolute Gasteiger partial charge is 0.308 e. The number of imidazole rings is 1. The molecule has 8 nitrogen and oxygen atoms in total. The number of aromatic nitrogens is 3. The lowest BCUT2D eigenvalue weighted by atomic mass is 10.0. The molecule has 3 heterocycles. The van der Waals surface area contributed by atoms with Gasteiger partial charge in [-0.3, -0.25) is 14.6 Å². The molecular formula is C24H33BrF3N7O. The number of anilines is 2. The molecule has 0 atom stereocenters. The highest BCUT2D eigenvalue weighted by Crippen LogP contribution is 2.34. The third-order valence-electron chi connectivity index (χ3n) is 5.28. The van der Waals surface area contributed by atoms with Crippen molar-refractivity contribution >= 4 is 39.1 Å². The lowest BCUT2D eigenvalue weighted by Crippen LogP contribution is -2.44. The quantitative estimate of drug-likeness (QED) is 0.404. The molecule has 1 aliphatic heterocycles. The van der Waals surface area contributed by atoms with Crippen LogP contribution >= 0.6 is 15.9 Å². The monoisotopic (exact) mass is 571 g/mol. The van der Waals surface area contributed by atoms with E-state index in [1.165, 1.54) is 24.8 Å². The Labute approximate surface area is 218 Å². The largest absolute Gasteiger partial charge is 0.416 e. The van der Waals surface area contributed by atoms with Crippen LogP contribution in [0.25, 0.3) is 5.65 Å².